The molecule has 3 nitrogen and oxygen atoms in total. The summed E-state index contributed by atoms with van der Waals surface area (Å²) in [5.41, 5.74) is 6.93. The molecule has 1 aromatic carbocycles. The third-order valence-electron chi connectivity index (χ3n) is 3.03. The van der Waals surface area contributed by atoms with E-state index in [2.05, 4.69) is 9.89 Å². The first kappa shape index (κ1) is 14.8. The molecule has 1 aliphatic rings. The largest absolute Gasteiger partial charge is 0.370 e. The molecule has 0 amide bonds. The molecule has 1 aromatic rings. The van der Waals surface area contributed by atoms with Crippen molar-refractivity contribution >= 4 is 40.9 Å². The van der Waals surface area contributed by atoms with Gasteiger partial charge in [-0.05, 0) is 24.1 Å². The van der Waals surface area contributed by atoms with Gasteiger partial charge in [-0.3, -0.25) is 4.99 Å². The minimum Gasteiger partial charge on any atom is -0.370 e. The maximum Gasteiger partial charge on any atom is 0.191 e. The van der Waals surface area contributed by atoms with Crippen LogP contribution in [0.3, 0.4) is 0 Å². The Morgan fingerprint density at radius 2 is 1.89 bits per heavy atom. The van der Waals surface area contributed by atoms with Crippen LogP contribution in [0.15, 0.2) is 23.2 Å². The molecule has 1 saturated heterocycles. The Kier molecular flexibility index (Phi) is 5.67. The van der Waals surface area contributed by atoms with Gasteiger partial charge in [0.25, 0.3) is 0 Å². The lowest BCUT2D eigenvalue weighted by Gasteiger charge is -2.27. The molecule has 104 valence electrons. The SMILES string of the molecule is NC(=NCCc1c(Cl)cccc1Cl)N1CCSCC1. The van der Waals surface area contributed by atoms with E-state index in [1.807, 2.05) is 30.0 Å². The monoisotopic (exact) mass is 317 g/mol. The number of guanidine groups is 1. The lowest BCUT2D eigenvalue weighted by Crippen LogP contribution is -2.42. The van der Waals surface area contributed by atoms with Crippen LogP contribution in [0, 0.1) is 0 Å². The molecule has 1 fully saturated rings. The summed E-state index contributed by atoms with van der Waals surface area (Å²) < 4.78 is 0. The third kappa shape index (κ3) is 4.20. The van der Waals surface area contributed by atoms with E-state index in [1.54, 1.807) is 0 Å². The molecule has 0 radical (unpaired) electrons. The second-order valence-electron chi connectivity index (χ2n) is 4.29. The van der Waals surface area contributed by atoms with E-state index < -0.39 is 0 Å². The Hall–Kier alpha value is -0.580. The molecule has 6 heteroatoms. The molecule has 0 aromatic heterocycles. The molecular formula is C13H17Cl2N3S. The summed E-state index contributed by atoms with van der Waals surface area (Å²) in [5.74, 6) is 2.86. The van der Waals surface area contributed by atoms with Gasteiger partial charge >= 0.3 is 0 Å². The summed E-state index contributed by atoms with van der Waals surface area (Å²) >= 11 is 14.2. The molecule has 0 spiro atoms. The fourth-order valence-electron chi connectivity index (χ4n) is 1.95. The third-order valence-corrected chi connectivity index (χ3v) is 4.68. The summed E-state index contributed by atoms with van der Waals surface area (Å²) in [6.07, 6.45) is 0.710. The van der Waals surface area contributed by atoms with Gasteiger partial charge < -0.3 is 10.6 Å². The van der Waals surface area contributed by atoms with Gasteiger partial charge in [0.2, 0.25) is 0 Å². The van der Waals surface area contributed by atoms with E-state index in [1.165, 1.54) is 0 Å². The maximum atomic E-state index is 6.12. The summed E-state index contributed by atoms with van der Waals surface area (Å²) in [6, 6.07) is 5.53. The minimum atomic E-state index is 0.610. The van der Waals surface area contributed by atoms with Crippen molar-refractivity contribution in [2.24, 2.45) is 10.7 Å². The first-order chi connectivity index (χ1) is 9.18. The zero-order valence-electron chi connectivity index (χ0n) is 10.6. The average molecular weight is 318 g/mol. The van der Waals surface area contributed by atoms with Crippen LogP contribution in [-0.2, 0) is 6.42 Å². The number of benzene rings is 1. The van der Waals surface area contributed by atoms with Crippen LogP contribution in [0.25, 0.3) is 0 Å². The van der Waals surface area contributed by atoms with E-state index in [0.717, 1.165) is 30.2 Å². The van der Waals surface area contributed by atoms with Crippen LogP contribution in [0.1, 0.15) is 5.56 Å². The number of hydrogen-bond acceptors (Lipinski definition) is 2. The second kappa shape index (κ2) is 7.27. The van der Waals surface area contributed by atoms with Crippen molar-refractivity contribution in [3.63, 3.8) is 0 Å². The lowest BCUT2D eigenvalue weighted by molar-refractivity contribution is 0.456. The molecule has 0 unspecified atom stereocenters. The highest BCUT2D eigenvalue weighted by molar-refractivity contribution is 7.99. The quantitative estimate of drug-likeness (QED) is 0.688. The summed E-state index contributed by atoms with van der Waals surface area (Å²) in [7, 11) is 0. The predicted molar refractivity (Wildman–Crippen MR) is 85.6 cm³/mol. The van der Waals surface area contributed by atoms with Crippen molar-refractivity contribution in [2.75, 3.05) is 31.1 Å². The highest BCUT2D eigenvalue weighted by atomic mass is 35.5. The molecule has 2 rings (SSSR count). The number of hydrogen-bond donors (Lipinski definition) is 1. The molecular weight excluding hydrogens is 301 g/mol. The molecule has 1 aliphatic heterocycles. The van der Waals surface area contributed by atoms with Gasteiger partial charge in [0, 0.05) is 41.2 Å². The highest BCUT2D eigenvalue weighted by Gasteiger charge is 2.12. The maximum absolute atomic E-state index is 6.12. The van der Waals surface area contributed by atoms with Gasteiger partial charge in [0.05, 0.1) is 0 Å². The molecule has 0 bridgehead atoms. The van der Waals surface area contributed by atoms with E-state index >= 15 is 0 Å². The topological polar surface area (TPSA) is 41.6 Å². The van der Waals surface area contributed by atoms with Gasteiger partial charge in [-0.25, -0.2) is 0 Å². The van der Waals surface area contributed by atoms with Gasteiger partial charge in [-0.1, -0.05) is 29.3 Å². The number of rotatable bonds is 3. The van der Waals surface area contributed by atoms with Crippen LogP contribution in [0.2, 0.25) is 10.0 Å². The van der Waals surface area contributed by atoms with Crippen LogP contribution < -0.4 is 5.73 Å². The van der Waals surface area contributed by atoms with Crippen molar-refractivity contribution < 1.29 is 0 Å². The fraction of sp³-hybridized carbons (Fsp3) is 0.462. The summed E-state index contributed by atoms with van der Waals surface area (Å²) in [5, 5.41) is 1.38. The van der Waals surface area contributed by atoms with Crippen molar-refractivity contribution in [2.45, 2.75) is 6.42 Å². The van der Waals surface area contributed by atoms with Crippen molar-refractivity contribution in [1.29, 1.82) is 0 Å². The van der Waals surface area contributed by atoms with Crippen LogP contribution in [0.4, 0.5) is 0 Å². The number of aliphatic imine (C=N–C) groups is 1. The number of nitrogens with two attached hydrogens (primary N) is 1. The Bertz CT molecular complexity index is 439. The molecule has 19 heavy (non-hydrogen) atoms. The first-order valence-electron chi connectivity index (χ1n) is 6.24. The molecule has 0 aliphatic carbocycles. The van der Waals surface area contributed by atoms with E-state index in [9.17, 15) is 0 Å². The molecule has 1 heterocycles. The lowest BCUT2D eigenvalue weighted by atomic mass is 10.1. The Morgan fingerprint density at radius 3 is 2.53 bits per heavy atom. The van der Waals surface area contributed by atoms with Crippen LogP contribution in [-0.4, -0.2) is 42.0 Å². The second-order valence-corrected chi connectivity index (χ2v) is 6.33. The number of thioether (sulfide) groups is 1. The average Bonchev–Trinajstić information content (AvgIpc) is 2.43. The zero-order valence-corrected chi connectivity index (χ0v) is 12.9. The first-order valence-corrected chi connectivity index (χ1v) is 8.15. The van der Waals surface area contributed by atoms with Crippen LogP contribution >= 0.6 is 35.0 Å². The van der Waals surface area contributed by atoms with Crippen molar-refractivity contribution in [3.8, 4) is 0 Å². The smallest absolute Gasteiger partial charge is 0.191 e. The Morgan fingerprint density at radius 1 is 1.26 bits per heavy atom. The van der Waals surface area contributed by atoms with E-state index in [-0.39, 0.29) is 0 Å². The van der Waals surface area contributed by atoms with Gasteiger partial charge in [-0.2, -0.15) is 11.8 Å². The molecule has 0 saturated carbocycles. The van der Waals surface area contributed by atoms with Crippen LogP contribution in [0.5, 0.6) is 0 Å². The Balaban J connectivity index is 1.91. The highest BCUT2D eigenvalue weighted by Crippen LogP contribution is 2.24. The van der Waals surface area contributed by atoms with E-state index in [0.29, 0.717) is 29.0 Å². The minimum absolute atomic E-state index is 0.610. The fourth-order valence-corrected chi connectivity index (χ4v) is 3.44. The summed E-state index contributed by atoms with van der Waals surface area (Å²) in [4.78, 5) is 6.55. The normalized spacial score (nSPS) is 16.7. The zero-order chi connectivity index (χ0) is 13.7. The van der Waals surface area contributed by atoms with Gasteiger partial charge in [-0.15, -0.1) is 0 Å². The molecule has 2 N–H and O–H groups in total. The van der Waals surface area contributed by atoms with Crippen molar-refractivity contribution in [1.82, 2.24) is 4.90 Å². The van der Waals surface area contributed by atoms with Gasteiger partial charge in [0.1, 0.15) is 0 Å². The number of nitrogens with zero attached hydrogens (tertiary/aromatic N) is 2. The Labute approximate surface area is 128 Å². The predicted octanol–water partition coefficient (Wildman–Crippen LogP) is 2.90. The van der Waals surface area contributed by atoms with E-state index in [4.69, 9.17) is 28.9 Å². The molecule has 0 atom stereocenters. The van der Waals surface area contributed by atoms with Crippen molar-refractivity contribution in [3.05, 3.63) is 33.8 Å². The number of halogens is 2. The van der Waals surface area contributed by atoms with Gasteiger partial charge in [0.15, 0.2) is 5.96 Å². The summed E-state index contributed by atoms with van der Waals surface area (Å²) in [6.45, 7) is 2.57. The standard InChI is InChI=1S/C13H17Cl2N3S/c14-11-2-1-3-12(15)10(11)4-5-17-13(16)18-6-8-19-9-7-18/h1-3H,4-9H2,(H2,16,17).